The molecule has 1 saturated carbocycles. The number of nitrogens with one attached hydrogen (secondary N) is 3. The summed E-state index contributed by atoms with van der Waals surface area (Å²) in [6.07, 6.45) is 7.50. The maximum atomic E-state index is 12.7. The van der Waals surface area contributed by atoms with E-state index in [0.717, 1.165) is 31.9 Å². The van der Waals surface area contributed by atoms with Crippen LogP contribution in [0.1, 0.15) is 48.0 Å². The number of hydrazone groups is 1. The van der Waals surface area contributed by atoms with Crippen LogP contribution in [0.25, 0.3) is 11.0 Å². The van der Waals surface area contributed by atoms with Gasteiger partial charge >= 0.3 is 11.8 Å². The summed E-state index contributed by atoms with van der Waals surface area (Å²) in [7, 11) is 0. The summed E-state index contributed by atoms with van der Waals surface area (Å²) in [5, 5.41) is 9.50. The van der Waals surface area contributed by atoms with Gasteiger partial charge in [0.05, 0.1) is 28.4 Å². The summed E-state index contributed by atoms with van der Waals surface area (Å²) in [4.78, 5) is 49.7. The Bertz CT molecular complexity index is 1310. The van der Waals surface area contributed by atoms with Gasteiger partial charge in [0.2, 0.25) is 5.43 Å². The van der Waals surface area contributed by atoms with E-state index in [1.807, 2.05) is 0 Å². The maximum Gasteiger partial charge on any atom is 0.329 e. The lowest BCUT2D eigenvalue weighted by Gasteiger charge is -2.23. The van der Waals surface area contributed by atoms with Crippen LogP contribution < -0.4 is 21.5 Å². The Morgan fingerprint density at radius 1 is 0.941 bits per heavy atom. The summed E-state index contributed by atoms with van der Waals surface area (Å²) in [5.74, 6) is -2.35. The molecule has 4 rings (SSSR count). The van der Waals surface area contributed by atoms with Crippen molar-refractivity contribution >= 4 is 40.6 Å². The van der Waals surface area contributed by atoms with Crippen LogP contribution in [-0.2, 0) is 9.59 Å². The SMILES string of the molecule is O=C(N/N=C/c1coc2ccccc2c1=O)C(=O)Nc1ccccc1C(=O)NC1CCCCC1. The second-order valence-corrected chi connectivity index (χ2v) is 8.02. The number of hydrogen-bond donors (Lipinski definition) is 3. The smallest absolute Gasteiger partial charge is 0.329 e. The highest BCUT2D eigenvalue weighted by Crippen LogP contribution is 2.20. The molecular weight excluding hydrogens is 436 g/mol. The van der Waals surface area contributed by atoms with E-state index in [4.69, 9.17) is 4.42 Å². The first-order chi connectivity index (χ1) is 16.5. The van der Waals surface area contributed by atoms with Crippen molar-refractivity contribution in [1.29, 1.82) is 0 Å². The van der Waals surface area contributed by atoms with Crippen LogP contribution >= 0.6 is 0 Å². The van der Waals surface area contributed by atoms with Crippen LogP contribution in [0.3, 0.4) is 0 Å². The fraction of sp³-hybridized carbons (Fsp3) is 0.240. The molecule has 1 fully saturated rings. The zero-order valence-corrected chi connectivity index (χ0v) is 18.4. The summed E-state index contributed by atoms with van der Waals surface area (Å²) in [5.41, 5.74) is 2.79. The third-order valence-electron chi connectivity index (χ3n) is 5.64. The van der Waals surface area contributed by atoms with Crippen molar-refractivity contribution in [2.45, 2.75) is 38.1 Å². The molecule has 1 aliphatic carbocycles. The molecule has 3 N–H and O–H groups in total. The second-order valence-electron chi connectivity index (χ2n) is 8.02. The molecule has 9 heteroatoms. The number of carbonyl (C=O) groups is 3. The zero-order chi connectivity index (χ0) is 23.9. The molecule has 0 atom stereocenters. The molecule has 34 heavy (non-hydrogen) atoms. The van der Waals surface area contributed by atoms with E-state index in [-0.39, 0.29) is 34.2 Å². The van der Waals surface area contributed by atoms with Crippen LogP contribution in [0.15, 0.2) is 69.1 Å². The number of benzene rings is 2. The van der Waals surface area contributed by atoms with Gasteiger partial charge in [-0.3, -0.25) is 19.2 Å². The van der Waals surface area contributed by atoms with Gasteiger partial charge in [-0.25, -0.2) is 5.43 Å². The number of nitrogens with zero attached hydrogens (tertiary/aromatic N) is 1. The van der Waals surface area contributed by atoms with Crippen molar-refractivity contribution in [2.24, 2.45) is 5.10 Å². The van der Waals surface area contributed by atoms with Crippen molar-refractivity contribution in [3.63, 3.8) is 0 Å². The Labute approximate surface area is 195 Å². The third kappa shape index (κ3) is 5.37. The van der Waals surface area contributed by atoms with Gasteiger partial charge in [0.15, 0.2) is 0 Å². The Balaban J connectivity index is 1.38. The van der Waals surface area contributed by atoms with E-state index in [1.165, 1.54) is 12.7 Å². The number of para-hydroxylation sites is 2. The van der Waals surface area contributed by atoms with E-state index in [9.17, 15) is 19.2 Å². The van der Waals surface area contributed by atoms with Crippen LogP contribution in [0.5, 0.6) is 0 Å². The quantitative estimate of drug-likeness (QED) is 0.306. The highest BCUT2D eigenvalue weighted by Gasteiger charge is 2.21. The first kappa shape index (κ1) is 22.9. The standard InChI is InChI=1S/C25H24N4O5/c30-22-16(15-34-21-13-7-5-11-19(21)22)14-26-29-25(33)24(32)28-20-12-6-4-10-18(20)23(31)27-17-8-2-1-3-9-17/h4-7,10-15,17H,1-3,8-9H2,(H,27,31)(H,28,32)(H,29,33)/b26-14+. The molecule has 0 saturated heterocycles. The number of carbonyl (C=O) groups excluding carboxylic acids is 3. The van der Waals surface area contributed by atoms with Crippen molar-refractivity contribution < 1.29 is 18.8 Å². The van der Waals surface area contributed by atoms with Gasteiger partial charge in [-0.15, -0.1) is 0 Å². The highest BCUT2D eigenvalue weighted by molar-refractivity contribution is 6.40. The van der Waals surface area contributed by atoms with Crippen LogP contribution in [0, 0.1) is 0 Å². The molecule has 1 heterocycles. The van der Waals surface area contributed by atoms with E-state index in [2.05, 4.69) is 21.2 Å². The molecule has 2 aromatic carbocycles. The first-order valence-electron chi connectivity index (χ1n) is 11.1. The molecule has 0 radical (unpaired) electrons. The monoisotopic (exact) mass is 460 g/mol. The molecule has 0 unspecified atom stereocenters. The maximum absolute atomic E-state index is 12.7. The number of fused-ring (bicyclic) bond motifs is 1. The fourth-order valence-electron chi connectivity index (χ4n) is 3.87. The van der Waals surface area contributed by atoms with Gasteiger partial charge in [0.25, 0.3) is 5.91 Å². The van der Waals surface area contributed by atoms with Crippen molar-refractivity contribution in [3.05, 3.63) is 76.1 Å². The Kier molecular flexibility index (Phi) is 7.12. The fourth-order valence-corrected chi connectivity index (χ4v) is 3.87. The van der Waals surface area contributed by atoms with E-state index in [1.54, 1.807) is 48.5 Å². The van der Waals surface area contributed by atoms with Gasteiger partial charge in [-0.05, 0) is 37.1 Å². The molecule has 0 aliphatic heterocycles. The second kappa shape index (κ2) is 10.6. The van der Waals surface area contributed by atoms with E-state index < -0.39 is 11.8 Å². The van der Waals surface area contributed by atoms with Gasteiger partial charge in [-0.1, -0.05) is 43.5 Å². The lowest BCUT2D eigenvalue weighted by Crippen LogP contribution is -2.37. The minimum Gasteiger partial charge on any atom is -0.463 e. The molecule has 1 aromatic heterocycles. The molecule has 3 amide bonds. The molecule has 0 bridgehead atoms. The normalized spacial score (nSPS) is 14.1. The van der Waals surface area contributed by atoms with Gasteiger partial charge in [-0.2, -0.15) is 5.10 Å². The minimum atomic E-state index is -1.05. The average molecular weight is 460 g/mol. The number of amides is 3. The lowest BCUT2D eigenvalue weighted by molar-refractivity contribution is -0.136. The lowest BCUT2D eigenvalue weighted by atomic mass is 9.95. The number of anilines is 1. The van der Waals surface area contributed by atoms with Gasteiger partial charge < -0.3 is 15.1 Å². The van der Waals surface area contributed by atoms with Crippen LogP contribution in [0.4, 0.5) is 5.69 Å². The molecule has 3 aromatic rings. The first-order valence-corrected chi connectivity index (χ1v) is 11.1. The van der Waals surface area contributed by atoms with E-state index in [0.29, 0.717) is 11.0 Å². The topological polar surface area (TPSA) is 130 Å². The molecular formula is C25H24N4O5. The molecule has 1 aliphatic rings. The Hall–Kier alpha value is -4.27. The van der Waals surface area contributed by atoms with Crippen LogP contribution in [-0.4, -0.2) is 30.0 Å². The molecule has 0 spiro atoms. The summed E-state index contributed by atoms with van der Waals surface area (Å²) in [6, 6.07) is 13.3. The van der Waals surface area contributed by atoms with Gasteiger partial charge in [0.1, 0.15) is 11.8 Å². The highest BCUT2D eigenvalue weighted by atomic mass is 16.3. The zero-order valence-electron chi connectivity index (χ0n) is 18.4. The predicted molar refractivity (Wildman–Crippen MR) is 128 cm³/mol. The van der Waals surface area contributed by atoms with Crippen molar-refractivity contribution in [1.82, 2.24) is 10.7 Å². The van der Waals surface area contributed by atoms with Crippen molar-refractivity contribution in [3.8, 4) is 0 Å². The molecule has 174 valence electrons. The summed E-state index contributed by atoms with van der Waals surface area (Å²) in [6.45, 7) is 0. The molecule has 9 nitrogen and oxygen atoms in total. The number of rotatable bonds is 5. The van der Waals surface area contributed by atoms with E-state index >= 15 is 0 Å². The van der Waals surface area contributed by atoms with Crippen LogP contribution in [0.2, 0.25) is 0 Å². The largest absolute Gasteiger partial charge is 0.463 e. The number of hydrogen-bond acceptors (Lipinski definition) is 6. The summed E-state index contributed by atoms with van der Waals surface area (Å²) < 4.78 is 5.38. The average Bonchev–Trinajstić information content (AvgIpc) is 2.86. The van der Waals surface area contributed by atoms with Crippen molar-refractivity contribution in [2.75, 3.05) is 5.32 Å². The minimum absolute atomic E-state index is 0.107. The third-order valence-corrected chi connectivity index (χ3v) is 5.64. The Morgan fingerprint density at radius 3 is 2.50 bits per heavy atom. The summed E-state index contributed by atoms with van der Waals surface area (Å²) >= 11 is 0. The van der Waals surface area contributed by atoms with Gasteiger partial charge in [0, 0.05) is 6.04 Å². The Morgan fingerprint density at radius 2 is 1.68 bits per heavy atom. The predicted octanol–water partition coefficient (Wildman–Crippen LogP) is 2.94.